The molecule has 0 amide bonds. The fourth-order valence-corrected chi connectivity index (χ4v) is 3.64. The van der Waals surface area contributed by atoms with E-state index < -0.39 is 32.5 Å². The molecule has 0 fully saturated rings. The second-order valence-corrected chi connectivity index (χ2v) is 7.29. The van der Waals surface area contributed by atoms with Gasteiger partial charge >= 0.3 is 6.18 Å². The molecule has 0 atom stereocenters. The lowest BCUT2D eigenvalue weighted by Crippen LogP contribution is -2.15. The molecule has 1 N–H and O–H groups in total. The molecule has 0 aliphatic heterocycles. The van der Waals surface area contributed by atoms with Gasteiger partial charge in [-0.1, -0.05) is 22.0 Å². The Morgan fingerprint density at radius 2 is 1.78 bits per heavy atom. The molecule has 0 saturated carbocycles. The molecule has 9 heteroatoms. The minimum absolute atomic E-state index is 0.0383. The number of halogens is 5. The Morgan fingerprint density at radius 3 is 2.39 bits per heavy atom. The molecular weight excluding hydrogens is 402 g/mol. The second-order valence-electron chi connectivity index (χ2n) is 4.69. The number of hydrogen-bond acceptors (Lipinski definition) is 2. The zero-order chi connectivity index (χ0) is 17.4. The molecule has 124 valence electrons. The molecule has 0 bridgehead atoms. The Morgan fingerprint density at radius 1 is 1.13 bits per heavy atom. The highest BCUT2D eigenvalue weighted by atomic mass is 79.9. The molecule has 0 unspecified atom stereocenters. The first-order valence-electron chi connectivity index (χ1n) is 6.16. The van der Waals surface area contributed by atoms with E-state index in [4.69, 9.17) is 0 Å². The largest absolute Gasteiger partial charge is 0.416 e. The van der Waals surface area contributed by atoms with E-state index >= 15 is 0 Å². The van der Waals surface area contributed by atoms with E-state index in [-0.39, 0.29) is 15.7 Å². The number of benzene rings is 2. The zero-order valence-corrected chi connectivity index (χ0v) is 14.0. The lowest BCUT2D eigenvalue weighted by atomic mass is 10.2. The Balaban J connectivity index is 2.48. The number of anilines is 1. The van der Waals surface area contributed by atoms with Crippen LogP contribution in [0.5, 0.6) is 0 Å². The van der Waals surface area contributed by atoms with E-state index in [2.05, 4.69) is 20.7 Å². The van der Waals surface area contributed by atoms with Crippen LogP contribution in [0.15, 0.2) is 45.8 Å². The molecule has 2 aromatic rings. The monoisotopic (exact) mass is 411 g/mol. The van der Waals surface area contributed by atoms with Crippen LogP contribution in [-0.4, -0.2) is 8.42 Å². The maximum Gasteiger partial charge on any atom is 0.416 e. The van der Waals surface area contributed by atoms with E-state index in [1.807, 2.05) is 0 Å². The van der Waals surface area contributed by atoms with Crippen molar-refractivity contribution in [1.82, 2.24) is 0 Å². The first-order valence-corrected chi connectivity index (χ1v) is 8.44. The molecule has 0 aliphatic carbocycles. The van der Waals surface area contributed by atoms with E-state index in [1.165, 1.54) is 19.1 Å². The summed E-state index contributed by atoms with van der Waals surface area (Å²) in [6.07, 6.45) is -4.69. The van der Waals surface area contributed by atoms with Gasteiger partial charge in [0.1, 0.15) is 5.82 Å². The molecule has 0 aliphatic rings. The molecule has 2 aromatic carbocycles. The molecule has 0 aromatic heterocycles. The Kier molecular flexibility index (Phi) is 4.72. The third-order valence-electron chi connectivity index (χ3n) is 3.02. The number of nitrogens with one attached hydrogen (secondary N) is 1. The van der Waals surface area contributed by atoms with Crippen LogP contribution < -0.4 is 4.72 Å². The highest BCUT2D eigenvalue weighted by Gasteiger charge is 2.32. The highest BCUT2D eigenvalue weighted by molar-refractivity contribution is 9.10. The topological polar surface area (TPSA) is 46.2 Å². The summed E-state index contributed by atoms with van der Waals surface area (Å²) in [6.45, 7) is 1.36. The van der Waals surface area contributed by atoms with Gasteiger partial charge in [-0.2, -0.15) is 13.2 Å². The molecule has 3 nitrogen and oxygen atoms in total. The molecule has 0 radical (unpaired) electrons. The van der Waals surface area contributed by atoms with Gasteiger partial charge in [0.2, 0.25) is 0 Å². The smallest absolute Gasteiger partial charge is 0.279 e. The van der Waals surface area contributed by atoms with E-state index in [0.29, 0.717) is 6.07 Å². The van der Waals surface area contributed by atoms with Crippen molar-refractivity contribution in [1.29, 1.82) is 0 Å². The van der Waals surface area contributed by atoms with Crippen LogP contribution in [0.3, 0.4) is 0 Å². The summed E-state index contributed by atoms with van der Waals surface area (Å²) in [6, 6.07) is 6.08. The minimum atomic E-state index is -4.69. The number of rotatable bonds is 3. The summed E-state index contributed by atoms with van der Waals surface area (Å²) >= 11 is 2.86. The van der Waals surface area contributed by atoms with Gasteiger partial charge in [-0.05, 0) is 37.3 Å². The predicted molar refractivity (Wildman–Crippen MR) is 81.1 cm³/mol. The standard InChI is InChI=1S/C14H10BrF4NO2S/c1-8-12(16)3-2-4-13(8)20-23(21,22)11-6-9(14(17,18)19)5-10(15)7-11/h2-7,20H,1H3. The van der Waals surface area contributed by atoms with Gasteiger partial charge in [0, 0.05) is 10.0 Å². The summed E-state index contributed by atoms with van der Waals surface area (Å²) in [5.41, 5.74) is -1.11. The Hall–Kier alpha value is -1.61. The molecule has 23 heavy (non-hydrogen) atoms. The first-order chi connectivity index (χ1) is 10.5. The quantitative estimate of drug-likeness (QED) is 0.742. The van der Waals surface area contributed by atoms with E-state index in [1.54, 1.807) is 0 Å². The fourth-order valence-electron chi connectivity index (χ4n) is 1.80. The summed E-state index contributed by atoms with van der Waals surface area (Å²) in [7, 11) is -4.30. The van der Waals surface area contributed by atoms with Gasteiger partial charge in [-0.25, -0.2) is 12.8 Å². The van der Waals surface area contributed by atoms with Crippen molar-refractivity contribution in [3.63, 3.8) is 0 Å². The minimum Gasteiger partial charge on any atom is -0.279 e. The number of sulfonamides is 1. The molecule has 0 heterocycles. The molecular formula is C14H10BrF4NO2S. The van der Waals surface area contributed by atoms with Crippen LogP contribution in [0.2, 0.25) is 0 Å². The van der Waals surface area contributed by atoms with Crippen LogP contribution in [0.25, 0.3) is 0 Å². The zero-order valence-electron chi connectivity index (χ0n) is 11.6. The molecule has 0 spiro atoms. The van der Waals surface area contributed by atoms with E-state index in [9.17, 15) is 26.0 Å². The normalized spacial score (nSPS) is 12.3. The van der Waals surface area contributed by atoms with Crippen molar-refractivity contribution in [2.75, 3.05) is 4.72 Å². The third-order valence-corrected chi connectivity index (χ3v) is 4.82. The third kappa shape index (κ3) is 4.03. The van der Waals surface area contributed by atoms with Crippen molar-refractivity contribution < 1.29 is 26.0 Å². The predicted octanol–water partition coefficient (Wildman–Crippen LogP) is 4.72. The summed E-state index contributed by atoms with van der Waals surface area (Å²) < 4.78 is 78.4. The van der Waals surface area contributed by atoms with Crippen molar-refractivity contribution >= 4 is 31.6 Å². The van der Waals surface area contributed by atoms with Crippen LogP contribution in [-0.2, 0) is 16.2 Å². The first kappa shape index (κ1) is 17.7. The van der Waals surface area contributed by atoms with Crippen LogP contribution in [0.4, 0.5) is 23.2 Å². The van der Waals surface area contributed by atoms with E-state index in [0.717, 1.165) is 18.2 Å². The number of alkyl halides is 3. The van der Waals surface area contributed by atoms with Gasteiger partial charge in [0.25, 0.3) is 10.0 Å². The summed E-state index contributed by atoms with van der Waals surface area (Å²) in [5, 5.41) is 0. The molecule has 0 saturated heterocycles. The molecule has 2 rings (SSSR count). The average Bonchev–Trinajstić information content (AvgIpc) is 2.42. The van der Waals surface area contributed by atoms with Crippen molar-refractivity contribution in [2.24, 2.45) is 0 Å². The average molecular weight is 412 g/mol. The highest BCUT2D eigenvalue weighted by Crippen LogP contribution is 2.33. The van der Waals surface area contributed by atoms with Crippen molar-refractivity contribution in [2.45, 2.75) is 18.0 Å². The van der Waals surface area contributed by atoms with Gasteiger partial charge in [-0.15, -0.1) is 0 Å². The summed E-state index contributed by atoms with van der Waals surface area (Å²) in [4.78, 5) is -0.581. The van der Waals surface area contributed by atoms with Crippen LogP contribution in [0, 0.1) is 12.7 Å². The van der Waals surface area contributed by atoms with Gasteiger partial charge in [-0.3, -0.25) is 4.72 Å². The maximum atomic E-state index is 13.5. The maximum absolute atomic E-state index is 13.5. The van der Waals surface area contributed by atoms with Gasteiger partial charge in [0.15, 0.2) is 0 Å². The lowest BCUT2D eigenvalue weighted by Gasteiger charge is -2.13. The van der Waals surface area contributed by atoms with Crippen molar-refractivity contribution in [3.8, 4) is 0 Å². The second kappa shape index (κ2) is 6.12. The Labute approximate surface area is 138 Å². The Bertz CT molecular complexity index is 850. The van der Waals surface area contributed by atoms with Crippen LogP contribution >= 0.6 is 15.9 Å². The van der Waals surface area contributed by atoms with Gasteiger partial charge in [0.05, 0.1) is 16.1 Å². The lowest BCUT2D eigenvalue weighted by molar-refractivity contribution is -0.137. The fraction of sp³-hybridized carbons (Fsp3) is 0.143. The van der Waals surface area contributed by atoms with Crippen molar-refractivity contribution in [3.05, 3.63) is 57.8 Å². The van der Waals surface area contributed by atoms with Gasteiger partial charge < -0.3 is 0 Å². The SMILES string of the molecule is Cc1c(F)cccc1NS(=O)(=O)c1cc(Br)cc(C(F)(F)F)c1. The van der Waals surface area contributed by atoms with Crippen LogP contribution in [0.1, 0.15) is 11.1 Å². The number of hydrogen-bond donors (Lipinski definition) is 1. The summed E-state index contributed by atoms with van der Waals surface area (Å²) in [5.74, 6) is -0.629.